The molecule has 0 saturated heterocycles. The normalized spacial score (nSPS) is 10.9. The summed E-state index contributed by atoms with van der Waals surface area (Å²) in [5.41, 5.74) is 2.00. The number of aryl methyl sites for hydroxylation is 1. The molecular weight excluding hydrogens is 297 g/mol. The van der Waals surface area contributed by atoms with E-state index in [1.54, 1.807) is 36.5 Å². The van der Waals surface area contributed by atoms with Crippen molar-refractivity contribution in [1.29, 1.82) is 0 Å². The van der Waals surface area contributed by atoms with Crippen LogP contribution >= 0.6 is 0 Å². The van der Waals surface area contributed by atoms with Gasteiger partial charge in [0.25, 0.3) is 5.56 Å². The summed E-state index contributed by atoms with van der Waals surface area (Å²) in [4.78, 5) is 19.3. The number of benzene rings is 1. The molecule has 8 heteroatoms. The number of hydrogen-bond acceptors (Lipinski definition) is 5. The van der Waals surface area contributed by atoms with E-state index < -0.39 is 7.32 Å². The highest BCUT2D eigenvalue weighted by molar-refractivity contribution is 6.33. The van der Waals surface area contributed by atoms with Crippen molar-refractivity contribution in [2.24, 2.45) is 0 Å². The van der Waals surface area contributed by atoms with Crippen LogP contribution in [-0.2, 0) is 13.0 Å². The van der Waals surface area contributed by atoms with Crippen molar-refractivity contribution in [3.05, 3.63) is 58.3 Å². The second-order valence-corrected chi connectivity index (χ2v) is 5.10. The van der Waals surface area contributed by atoms with Gasteiger partial charge in [0.05, 0.1) is 5.52 Å². The van der Waals surface area contributed by atoms with Crippen LogP contribution in [-0.4, -0.2) is 31.9 Å². The first-order valence-electron chi connectivity index (χ1n) is 7.27. The van der Waals surface area contributed by atoms with Crippen molar-refractivity contribution >= 4 is 18.4 Å². The summed E-state index contributed by atoms with van der Waals surface area (Å²) in [5, 5.41) is 17.6. The van der Waals surface area contributed by atoms with Crippen LogP contribution < -0.4 is 10.2 Å². The van der Waals surface area contributed by atoms with E-state index in [1.165, 1.54) is 0 Å². The van der Waals surface area contributed by atoms with E-state index in [9.17, 15) is 4.79 Å². The summed E-state index contributed by atoms with van der Waals surface area (Å²) in [6, 6.07) is 8.68. The van der Waals surface area contributed by atoms with Crippen LogP contribution in [0, 0.1) is 0 Å². The molecule has 0 aliphatic rings. The zero-order valence-electron chi connectivity index (χ0n) is 12.6. The number of H-pyrrole nitrogens is 1. The summed E-state index contributed by atoms with van der Waals surface area (Å²) >= 11 is 0. The summed E-state index contributed by atoms with van der Waals surface area (Å²) in [7, 11) is -1.84. The van der Waals surface area contributed by atoms with E-state index >= 15 is 0 Å². The quantitative estimate of drug-likeness (QED) is 0.602. The molecule has 0 saturated carbocycles. The first-order chi connectivity index (χ1) is 11.1. The molecule has 0 aliphatic heterocycles. The molecular formula is C15H16BN3O4. The Labute approximate surface area is 132 Å². The maximum Gasteiger partial charge on any atom is 0.707 e. The van der Waals surface area contributed by atoms with E-state index in [2.05, 4.69) is 9.97 Å². The Morgan fingerprint density at radius 3 is 2.65 bits per heavy atom. The molecule has 0 aliphatic carbocycles. The van der Waals surface area contributed by atoms with E-state index in [1.807, 2.05) is 11.5 Å². The highest BCUT2D eigenvalue weighted by atomic mass is 16.6. The minimum atomic E-state index is -1.84. The van der Waals surface area contributed by atoms with Crippen LogP contribution in [0.25, 0.3) is 11.0 Å². The van der Waals surface area contributed by atoms with E-state index in [4.69, 9.17) is 14.7 Å². The fraction of sp³-hybridized carbons (Fsp3) is 0.200. The van der Waals surface area contributed by atoms with Crippen LogP contribution in [0.15, 0.2) is 41.3 Å². The van der Waals surface area contributed by atoms with Crippen molar-refractivity contribution in [1.82, 2.24) is 14.5 Å². The Hall–Kier alpha value is -2.58. The molecule has 0 amide bonds. The number of imidazole rings is 1. The summed E-state index contributed by atoms with van der Waals surface area (Å²) in [5.74, 6) is 1.19. The molecule has 1 aromatic carbocycles. The predicted octanol–water partition coefficient (Wildman–Crippen LogP) is 0.684. The number of aromatic nitrogens is 3. The number of rotatable bonds is 5. The Bertz CT molecular complexity index is 871. The number of nitrogens with zero attached hydrogens (tertiary/aromatic N) is 2. The van der Waals surface area contributed by atoms with Gasteiger partial charge in [-0.25, -0.2) is 4.98 Å². The highest BCUT2D eigenvalue weighted by Crippen LogP contribution is 2.17. The molecule has 2 aromatic heterocycles. The van der Waals surface area contributed by atoms with Gasteiger partial charge in [0.2, 0.25) is 0 Å². The van der Waals surface area contributed by atoms with Gasteiger partial charge in [-0.15, -0.1) is 0 Å². The molecule has 2 heterocycles. The number of aromatic amines is 1. The number of pyridine rings is 1. The first kappa shape index (κ1) is 15.3. The molecule has 0 bridgehead atoms. The zero-order valence-corrected chi connectivity index (χ0v) is 12.6. The lowest BCUT2D eigenvalue weighted by Gasteiger charge is -2.09. The molecule has 3 rings (SSSR count). The molecule has 118 valence electrons. The maximum atomic E-state index is 12.1. The van der Waals surface area contributed by atoms with Gasteiger partial charge < -0.3 is 24.3 Å². The smallest absolute Gasteiger partial charge is 0.512 e. The van der Waals surface area contributed by atoms with Crippen molar-refractivity contribution in [3.63, 3.8) is 0 Å². The zero-order chi connectivity index (χ0) is 16.4. The molecule has 23 heavy (non-hydrogen) atoms. The van der Waals surface area contributed by atoms with Crippen molar-refractivity contribution in [2.75, 3.05) is 0 Å². The Kier molecular flexibility index (Phi) is 4.18. The van der Waals surface area contributed by atoms with Gasteiger partial charge in [-0.2, -0.15) is 0 Å². The fourth-order valence-electron chi connectivity index (χ4n) is 2.56. The average molecular weight is 313 g/mol. The van der Waals surface area contributed by atoms with Crippen molar-refractivity contribution in [2.45, 2.75) is 19.9 Å². The van der Waals surface area contributed by atoms with Crippen LogP contribution in [0.5, 0.6) is 5.75 Å². The third-order valence-corrected chi connectivity index (χ3v) is 3.57. The van der Waals surface area contributed by atoms with Crippen molar-refractivity contribution < 1.29 is 14.7 Å². The summed E-state index contributed by atoms with van der Waals surface area (Å²) < 4.78 is 6.67. The molecule has 3 N–H and O–H groups in total. The molecule has 0 atom stereocenters. The lowest BCUT2D eigenvalue weighted by Crippen LogP contribution is -2.20. The van der Waals surface area contributed by atoms with Crippen molar-refractivity contribution in [3.8, 4) is 5.75 Å². The minimum Gasteiger partial charge on any atom is -0.512 e. The standard InChI is InChI=1S/C15H16BN3O4/c1-2-13-18-12-7-8-17-15(20)14(12)19(13)9-10-3-5-11(6-4-10)23-16(21)22/h3-8,21-22H,2,9H2,1H3,(H,17,20). The Morgan fingerprint density at radius 2 is 2.00 bits per heavy atom. The topological polar surface area (TPSA) is 100 Å². The summed E-state index contributed by atoms with van der Waals surface area (Å²) in [6.45, 7) is 2.49. The van der Waals surface area contributed by atoms with E-state index in [0.29, 0.717) is 29.7 Å². The predicted molar refractivity (Wildman–Crippen MR) is 86.1 cm³/mol. The third-order valence-electron chi connectivity index (χ3n) is 3.57. The maximum absolute atomic E-state index is 12.1. The minimum absolute atomic E-state index is 0.168. The lowest BCUT2D eigenvalue weighted by molar-refractivity contribution is 0.288. The van der Waals surface area contributed by atoms with Gasteiger partial charge in [0, 0.05) is 19.2 Å². The highest BCUT2D eigenvalue weighted by Gasteiger charge is 2.14. The Balaban J connectivity index is 1.96. The van der Waals surface area contributed by atoms with E-state index in [-0.39, 0.29) is 5.56 Å². The van der Waals surface area contributed by atoms with E-state index in [0.717, 1.165) is 11.4 Å². The molecule has 0 fully saturated rings. The summed E-state index contributed by atoms with van der Waals surface area (Å²) in [6.07, 6.45) is 2.31. The van der Waals surface area contributed by atoms with Gasteiger partial charge in [0.15, 0.2) is 0 Å². The number of nitrogens with one attached hydrogen (secondary N) is 1. The van der Waals surface area contributed by atoms with Gasteiger partial charge in [-0.1, -0.05) is 19.1 Å². The van der Waals surface area contributed by atoms with Crippen LogP contribution in [0.2, 0.25) is 0 Å². The third kappa shape index (κ3) is 3.13. The second-order valence-electron chi connectivity index (χ2n) is 5.10. The molecule has 0 spiro atoms. The number of fused-ring (bicyclic) bond motifs is 1. The van der Waals surface area contributed by atoms with Gasteiger partial charge in [0.1, 0.15) is 17.1 Å². The Morgan fingerprint density at radius 1 is 1.26 bits per heavy atom. The lowest BCUT2D eigenvalue weighted by atomic mass is 10.2. The fourth-order valence-corrected chi connectivity index (χ4v) is 2.56. The second kappa shape index (κ2) is 6.27. The van der Waals surface area contributed by atoms with Crippen LogP contribution in [0.3, 0.4) is 0 Å². The first-order valence-corrected chi connectivity index (χ1v) is 7.27. The van der Waals surface area contributed by atoms with Crippen LogP contribution in [0.1, 0.15) is 18.3 Å². The van der Waals surface area contributed by atoms with Gasteiger partial charge >= 0.3 is 7.32 Å². The monoisotopic (exact) mass is 313 g/mol. The SMILES string of the molecule is CCc1nc2cc[nH]c(=O)c2n1Cc1ccc(OB(O)O)cc1. The van der Waals surface area contributed by atoms with Crippen LogP contribution in [0.4, 0.5) is 0 Å². The molecule has 0 radical (unpaired) electrons. The van der Waals surface area contributed by atoms with Gasteiger partial charge in [-0.05, 0) is 23.8 Å². The molecule has 3 aromatic rings. The molecule has 0 unspecified atom stereocenters. The average Bonchev–Trinajstić information content (AvgIpc) is 2.88. The molecule has 7 nitrogen and oxygen atoms in total. The number of hydrogen-bond donors (Lipinski definition) is 3. The van der Waals surface area contributed by atoms with Gasteiger partial charge in [-0.3, -0.25) is 4.79 Å². The largest absolute Gasteiger partial charge is 0.707 e.